The van der Waals surface area contributed by atoms with Crippen LogP contribution in [0.1, 0.15) is 33.7 Å². The molecule has 1 spiro atoms. The van der Waals surface area contributed by atoms with E-state index in [2.05, 4.69) is 5.32 Å². The smallest absolute Gasteiger partial charge is 0.335 e. The molecule has 0 unspecified atom stereocenters. The Hall–Kier alpha value is -2.34. The lowest BCUT2D eigenvalue weighted by molar-refractivity contribution is 0.00884. The van der Waals surface area contributed by atoms with Crippen LogP contribution in [-0.2, 0) is 11.3 Å². The van der Waals surface area contributed by atoms with Crippen molar-refractivity contribution in [1.82, 2.24) is 9.88 Å². The van der Waals surface area contributed by atoms with Gasteiger partial charge >= 0.3 is 5.97 Å². The quantitative estimate of drug-likeness (QED) is 0.842. The van der Waals surface area contributed by atoms with E-state index in [0.717, 1.165) is 23.7 Å². The van der Waals surface area contributed by atoms with E-state index < -0.39 is 5.97 Å². The molecule has 0 saturated carbocycles. The molecule has 1 aromatic heterocycles. The Labute approximate surface area is 133 Å². The molecule has 120 valence electrons. The van der Waals surface area contributed by atoms with Gasteiger partial charge in [-0.25, -0.2) is 4.79 Å². The van der Waals surface area contributed by atoms with Gasteiger partial charge in [-0.05, 0) is 31.0 Å². The van der Waals surface area contributed by atoms with Crippen LogP contribution in [0.4, 0.5) is 0 Å². The summed E-state index contributed by atoms with van der Waals surface area (Å²) in [5.41, 5.74) is 1.63. The first-order valence-corrected chi connectivity index (χ1v) is 7.81. The van der Waals surface area contributed by atoms with E-state index in [4.69, 9.17) is 4.74 Å². The number of nitrogens with zero attached hydrogens (tertiary/aromatic N) is 1. The number of hydrogen-bond acceptors (Lipinski definition) is 3. The fraction of sp³-hybridized carbons (Fsp3) is 0.412. The van der Waals surface area contributed by atoms with Crippen LogP contribution in [0.5, 0.6) is 0 Å². The normalized spacial score (nSPS) is 20.1. The summed E-state index contributed by atoms with van der Waals surface area (Å²) in [5.74, 6) is -1.05. The number of carbonyl (C=O) groups is 2. The Balaban J connectivity index is 1.87. The second-order valence-electron chi connectivity index (χ2n) is 6.49. The van der Waals surface area contributed by atoms with Crippen LogP contribution in [0.2, 0.25) is 0 Å². The molecule has 1 saturated heterocycles. The van der Waals surface area contributed by atoms with E-state index in [-0.39, 0.29) is 16.9 Å². The number of amides is 1. The number of ether oxygens (including phenoxy) is 1. The number of nitrogens with one attached hydrogen (secondary N) is 1. The molecule has 3 heterocycles. The van der Waals surface area contributed by atoms with Gasteiger partial charge < -0.3 is 19.7 Å². The fourth-order valence-corrected chi connectivity index (χ4v) is 3.63. The lowest BCUT2D eigenvalue weighted by Crippen LogP contribution is -2.41. The van der Waals surface area contributed by atoms with Crippen molar-refractivity contribution in [2.75, 3.05) is 19.8 Å². The summed E-state index contributed by atoms with van der Waals surface area (Å²) in [6.45, 7) is 2.74. The predicted molar refractivity (Wildman–Crippen MR) is 83.7 cm³/mol. The van der Waals surface area contributed by atoms with Gasteiger partial charge in [0, 0.05) is 42.6 Å². The standard InChI is InChI=1S/C17H18N2O4/c20-15-14-7-11-1-2-12(16(21)22)8-13(11)19(14)10-17(9-18-15)3-5-23-6-4-17/h1-2,7-8H,3-6,9-10H2,(H,18,20)(H,21,22). The first kappa shape index (κ1) is 14.3. The van der Waals surface area contributed by atoms with Crippen molar-refractivity contribution in [2.45, 2.75) is 19.4 Å². The molecule has 0 aliphatic carbocycles. The van der Waals surface area contributed by atoms with Gasteiger partial charge in [-0.15, -0.1) is 0 Å². The van der Waals surface area contributed by atoms with Crippen molar-refractivity contribution >= 4 is 22.8 Å². The molecule has 2 N–H and O–H groups in total. The van der Waals surface area contributed by atoms with Crippen molar-refractivity contribution in [3.63, 3.8) is 0 Å². The number of benzene rings is 1. The maximum atomic E-state index is 12.4. The highest BCUT2D eigenvalue weighted by Crippen LogP contribution is 2.36. The molecule has 0 radical (unpaired) electrons. The third-order valence-corrected chi connectivity index (χ3v) is 5.05. The second-order valence-corrected chi connectivity index (χ2v) is 6.49. The van der Waals surface area contributed by atoms with E-state index in [0.29, 0.717) is 32.0 Å². The van der Waals surface area contributed by atoms with E-state index in [1.165, 1.54) is 0 Å². The van der Waals surface area contributed by atoms with Crippen LogP contribution in [0, 0.1) is 5.41 Å². The molecule has 4 rings (SSSR count). The minimum absolute atomic E-state index is 0.0235. The summed E-state index contributed by atoms with van der Waals surface area (Å²) >= 11 is 0. The number of aromatic carboxylic acids is 1. The van der Waals surface area contributed by atoms with E-state index in [1.807, 2.05) is 10.6 Å². The van der Waals surface area contributed by atoms with Gasteiger partial charge in [0.25, 0.3) is 5.91 Å². The van der Waals surface area contributed by atoms with Crippen LogP contribution < -0.4 is 5.32 Å². The number of carbonyl (C=O) groups excluding carboxylic acids is 1. The summed E-state index contributed by atoms with van der Waals surface area (Å²) in [4.78, 5) is 23.7. The minimum atomic E-state index is -0.957. The Bertz CT molecular complexity index is 802. The lowest BCUT2D eigenvalue weighted by atomic mass is 9.80. The third-order valence-electron chi connectivity index (χ3n) is 5.05. The first-order chi connectivity index (χ1) is 11.1. The molecule has 6 nitrogen and oxygen atoms in total. The van der Waals surface area contributed by atoms with Gasteiger partial charge in [-0.3, -0.25) is 4.79 Å². The van der Waals surface area contributed by atoms with Crippen LogP contribution in [0.15, 0.2) is 24.3 Å². The molecule has 23 heavy (non-hydrogen) atoms. The molecule has 2 aliphatic rings. The average molecular weight is 314 g/mol. The number of aromatic nitrogens is 1. The Morgan fingerprint density at radius 2 is 2.04 bits per heavy atom. The molecule has 2 aromatic rings. The molecule has 0 bridgehead atoms. The van der Waals surface area contributed by atoms with Crippen LogP contribution >= 0.6 is 0 Å². The van der Waals surface area contributed by atoms with Gasteiger partial charge in [0.05, 0.1) is 5.56 Å². The maximum Gasteiger partial charge on any atom is 0.335 e. The Morgan fingerprint density at radius 1 is 1.26 bits per heavy atom. The largest absolute Gasteiger partial charge is 0.478 e. The molecule has 1 fully saturated rings. The molecule has 0 atom stereocenters. The molecule has 6 heteroatoms. The minimum Gasteiger partial charge on any atom is -0.478 e. The van der Waals surface area contributed by atoms with E-state index >= 15 is 0 Å². The van der Waals surface area contributed by atoms with E-state index in [1.54, 1.807) is 18.2 Å². The fourth-order valence-electron chi connectivity index (χ4n) is 3.63. The van der Waals surface area contributed by atoms with Crippen molar-refractivity contribution in [1.29, 1.82) is 0 Å². The topological polar surface area (TPSA) is 80.6 Å². The summed E-state index contributed by atoms with van der Waals surface area (Å²) in [7, 11) is 0. The van der Waals surface area contributed by atoms with Crippen LogP contribution in [0.3, 0.4) is 0 Å². The summed E-state index contributed by atoms with van der Waals surface area (Å²) in [5, 5.41) is 13.2. The van der Waals surface area contributed by atoms with Gasteiger partial charge in [-0.2, -0.15) is 0 Å². The summed E-state index contributed by atoms with van der Waals surface area (Å²) in [6, 6.07) is 6.85. The molecule has 1 aromatic carbocycles. The molecule has 2 aliphatic heterocycles. The number of rotatable bonds is 1. The van der Waals surface area contributed by atoms with Crippen molar-refractivity contribution in [2.24, 2.45) is 5.41 Å². The second kappa shape index (κ2) is 5.09. The molecule has 1 amide bonds. The van der Waals surface area contributed by atoms with Gasteiger partial charge in [0.15, 0.2) is 0 Å². The van der Waals surface area contributed by atoms with Crippen molar-refractivity contribution < 1.29 is 19.4 Å². The maximum absolute atomic E-state index is 12.4. The number of fused-ring (bicyclic) bond motifs is 3. The van der Waals surface area contributed by atoms with Gasteiger partial charge in [-0.1, -0.05) is 6.07 Å². The highest BCUT2D eigenvalue weighted by Gasteiger charge is 2.37. The Morgan fingerprint density at radius 3 is 2.78 bits per heavy atom. The van der Waals surface area contributed by atoms with Crippen molar-refractivity contribution in [3.05, 3.63) is 35.5 Å². The van der Waals surface area contributed by atoms with Crippen LogP contribution in [0.25, 0.3) is 10.9 Å². The zero-order valence-electron chi connectivity index (χ0n) is 12.7. The SMILES string of the molecule is O=C(O)c1ccc2cc3n(c2c1)CC1(CCOCC1)CNC3=O. The summed E-state index contributed by atoms with van der Waals surface area (Å²) < 4.78 is 7.45. The summed E-state index contributed by atoms with van der Waals surface area (Å²) in [6.07, 6.45) is 1.79. The van der Waals surface area contributed by atoms with Gasteiger partial charge in [0.2, 0.25) is 0 Å². The highest BCUT2D eigenvalue weighted by atomic mass is 16.5. The average Bonchev–Trinajstić information content (AvgIpc) is 2.85. The van der Waals surface area contributed by atoms with Gasteiger partial charge in [0.1, 0.15) is 5.69 Å². The predicted octanol–water partition coefficient (Wildman–Crippen LogP) is 1.88. The highest BCUT2D eigenvalue weighted by molar-refractivity contribution is 6.01. The van der Waals surface area contributed by atoms with Crippen molar-refractivity contribution in [3.8, 4) is 0 Å². The number of carboxylic acids is 1. The molecular formula is C17H18N2O4. The number of hydrogen-bond donors (Lipinski definition) is 2. The monoisotopic (exact) mass is 314 g/mol. The zero-order valence-corrected chi connectivity index (χ0v) is 12.7. The number of carboxylic acid groups (broad SMARTS) is 1. The van der Waals surface area contributed by atoms with Crippen LogP contribution in [-0.4, -0.2) is 41.3 Å². The zero-order chi connectivity index (χ0) is 16.0. The third kappa shape index (κ3) is 2.30. The first-order valence-electron chi connectivity index (χ1n) is 7.81. The molecular weight excluding hydrogens is 296 g/mol. The van der Waals surface area contributed by atoms with E-state index in [9.17, 15) is 14.7 Å². The Kier molecular flexibility index (Phi) is 3.16. The lowest BCUT2D eigenvalue weighted by Gasteiger charge is -2.36.